The predicted molar refractivity (Wildman–Crippen MR) is 113 cm³/mol. The predicted octanol–water partition coefficient (Wildman–Crippen LogP) is 2.73. The molecule has 0 aliphatic carbocycles. The molecule has 0 N–H and O–H groups in total. The summed E-state index contributed by atoms with van der Waals surface area (Å²) < 4.78 is 24.5. The van der Waals surface area contributed by atoms with E-state index < -0.39 is 0 Å². The summed E-state index contributed by atoms with van der Waals surface area (Å²) in [5, 5.41) is 0. The number of nitrogens with zero attached hydrogens (tertiary/aromatic N) is 3. The molecule has 8 nitrogen and oxygen atoms in total. The molecule has 0 atom stereocenters. The highest BCUT2D eigenvalue weighted by atomic mass is 16.5. The lowest BCUT2D eigenvalue weighted by Crippen LogP contribution is -2.38. The summed E-state index contributed by atoms with van der Waals surface area (Å²) in [5.41, 5.74) is 4.42. The molecule has 8 heteroatoms. The fourth-order valence-corrected chi connectivity index (χ4v) is 3.74. The van der Waals surface area contributed by atoms with E-state index in [2.05, 4.69) is 4.98 Å². The molecule has 2 aromatic heterocycles. The van der Waals surface area contributed by atoms with Gasteiger partial charge in [0.05, 0.1) is 18.8 Å². The van der Waals surface area contributed by atoms with Gasteiger partial charge in [0.15, 0.2) is 19.4 Å². The molecule has 3 aromatic rings. The summed E-state index contributed by atoms with van der Waals surface area (Å²) in [4.78, 5) is 18.5. The Balaban J connectivity index is 1.80. The summed E-state index contributed by atoms with van der Waals surface area (Å²) in [6.07, 6.45) is 3.43. The minimum atomic E-state index is -0.109. The number of ether oxygens (including phenoxy) is 3. The van der Waals surface area contributed by atoms with E-state index >= 15 is 0 Å². The van der Waals surface area contributed by atoms with Gasteiger partial charge in [-0.3, -0.25) is 9.78 Å². The first-order valence-corrected chi connectivity index (χ1v) is 10.1. The zero-order valence-corrected chi connectivity index (χ0v) is 18.2. The second kappa shape index (κ2) is 8.77. The van der Waals surface area contributed by atoms with Crippen LogP contribution in [0.1, 0.15) is 17.0 Å². The Hall–Kier alpha value is -3.39. The van der Waals surface area contributed by atoms with Crippen molar-refractivity contribution in [3.8, 4) is 22.6 Å². The van der Waals surface area contributed by atoms with Crippen LogP contribution in [0.2, 0.25) is 0 Å². The van der Waals surface area contributed by atoms with Gasteiger partial charge in [-0.05, 0) is 28.5 Å². The Kier molecular flexibility index (Phi) is 5.90. The number of rotatable bonds is 7. The quantitative estimate of drug-likeness (QED) is 0.429. The van der Waals surface area contributed by atoms with E-state index in [0.29, 0.717) is 36.9 Å². The molecule has 0 saturated heterocycles. The van der Waals surface area contributed by atoms with Crippen LogP contribution in [0.4, 0.5) is 5.69 Å². The van der Waals surface area contributed by atoms with E-state index in [1.54, 1.807) is 29.1 Å². The fourth-order valence-electron chi connectivity index (χ4n) is 3.74. The fraction of sp³-hybridized carbons (Fsp3) is 0.348. The average Bonchev–Trinajstić information content (AvgIpc) is 3.02. The standard InChI is InChI=1S/C23H26N3O5/c1-15-23(16(2)31-25(15)3)18-11-21-19(12-20(18)29-10-9-28-4)26(22(27)14-30-21)13-17-5-7-24-8-6-17/h5-8,11-12H,9-10,13-14H2,1-4H3/q+1. The molecular weight excluding hydrogens is 398 g/mol. The zero-order chi connectivity index (χ0) is 22.0. The SMILES string of the molecule is COCCOc1cc2c(cc1-c1c(C)o[n+](C)c1C)OCC(=O)N2Cc1ccncc1. The number of carbonyl (C=O) groups excluding carboxylic acids is 1. The highest BCUT2D eigenvalue weighted by Gasteiger charge is 2.31. The molecule has 31 heavy (non-hydrogen) atoms. The second-order valence-electron chi connectivity index (χ2n) is 7.39. The maximum absolute atomic E-state index is 12.7. The third-order valence-electron chi connectivity index (χ3n) is 5.37. The first-order valence-electron chi connectivity index (χ1n) is 10.1. The van der Waals surface area contributed by atoms with Gasteiger partial charge in [0.1, 0.15) is 23.7 Å². The number of amides is 1. The number of pyridine rings is 1. The van der Waals surface area contributed by atoms with Crippen LogP contribution in [0.5, 0.6) is 11.5 Å². The topological polar surface area (TPSA) is 77.9 Å². The Labute approximate surface area is 180 Å². The third kappa shape index (κ3) is 4.11. The second-order valence-corrected chi connectivity index (χ2v) is 7.39. The summed E-state index contributed by atoms with van der Waals surface area (Å²) in [6.45, 7) is 5.14. The van der Waals surface area contributed by atoms with Crippen molar-refractivity contribution in [1.82, 2.24) is 4.98 Å². The molecule has 0 fully saturated rings. The van der Waals surface area contributed by atoms with Crippen LogP contribution in [0, 0.1) is 13.8 Å². The molecule has 0 saturated carbocycles. The number of fused-ring (bicyclic) bond motifs is 1. The van der Waals surface area contributed by atoms with Crippen LogP contribution in [-0.2, 0) is 23.1 Å². The van der Waals surface area contributed by atoms with Gasteiger partial charge in [0, 0.05) is 45.0 Å². The maximum Gasteiger partial charge on any atom is 0.265 e. The maximum atomic E-state index is 12.7. The van der Waals surface area contributed by atoms with Gasteiger partial charge in [0.2, 0.25) is 5.69 Å². The van der Waals surface area contributed by atoms with E-state index in [4.69, 9.17) is 18.7 Å². The van der Waals surface area contributed by atoms with Gasteiger partial charge in [-0.15, -0.1) is 0 Å². The van der Waals surface area contributed by atoms with Gasteiger partial charge in [0.25, 0.3) is 5.91 Å². The number of benzene rings is 1. The molecule has 1 amide bonds. The number of carbonyl (C=O) groups is 1. The summed E-state index contributed by atoms with van der Waals surface area (Å²) in [6, 6.07) is 7.58. The smallest absolute Gasteiger partial charge is 0.265 e. The molecule has 1 aromatic carbocycles. The van der Waals surface area contributed by atoms with E-state index in [1.165, 1.54) is 0 Å². The highest BCUT2D eigenvalue weighted by molar-refractivity contribution is 5.99. The molecule has 0 radical (unpaired) electrons. The van der Waals surface area contributed by atoms with E-state index in [0.717, 1.165) is 28.1 Å². The zero-order valence-electron chi connectivity index (χ0n) is 18.2. The third-order valence-corrected chi connectivity index (χ3v) is 5.37. The van der Waals surface area contributed by atoms with Crippen molar-refractivity contribution in [2.24, 2.45) is 7.05 Å². The number of hydrogen-bond donors (Lipinski definition) is 0. The lowest BCUT2D eigenvalue weighted by molar-refractivity contribution is -0.850. The lowest BCUT2D eigenvalue weighted by atomic mass is 10.0. The Bertz CT molecular complexity index is 1090. The Morgan fingerprint density at radius 1 is 1.19 bits per heavy atom. The first-order chi connectivity index (χ1) is 15.0. The normalized spacial score (nSPS) is 13.2. The molecule has 4 rings (SSSR count). The molecule has 0 bridgehead atoms. The number of methoxy groups -OCH3 is 1. The van der Waals surface area contributed by atoms with Gasteiger partial charge < -0.3 is 19.1 Å². The minimum Gasteiger partial charge on any atom is -0.490 e. The summed E-state index contributed by atoms with van der Waals surface area (Å²) in [5.74, 6) is 1.94. The average molecular weight is 424 g/mol. The Morgan fingerprint density at radius 3 is 2.65 bits per heavy atom. The van der Waals surface area contributed by atoms with Crippen LogP contribution in [0.3, 0.4) is 0 Å². The summed E-state index contributed by atoms with van der Waals surface area (Å²) in [7, 11) is 3.49. The number of hydrogen-bond acceptors (Lipinski definition) is 6. The van der Waals surface area contributed by atoms with Crippen LogP contribution in [0.25, 0.3) is 11.1 Å². The van der Waals surface area contributed by atoms with Crippen LogP contribution < -0.4 is 19.1 Å². The first kappa shape index (κ1) is 20.9. The lowest BCUT2D eigenvalue weighted by Gasteiger charge is -2.30. The van der Waals surface area contributed by atoms with Crippen molar-refractivity contribution in [3.63, 3.8) is 0 Å². The molecule has 0 spiro atoms. The van der Waals surface area contributed by atoms with Crippen LogP contribution >= 0.6 is 0 Å². The van der Waals surface area contributed by atoms with Crippen molar-refractivity contribution >= 4 is 11.6 Å². The van der Waals surface area contributed by atoms with Crippen LogP contribution in [-0.4, -0.2) is 37.8 Å². The van der Waals surface area contributed by atoms with Gasteiger partial charge in [-0.1, -0.05) is 0 Å². The van der Waals surface area contributed by atoms with Crippen molar-refractivity contribution in [2.75, 3.05) is 31.8 Å². The molecule has 0 unspecified atom stereocenters. The van der Waals surface area contributed by atoms with Gasteiger partial charge >= 0.3 is 0 Å². The van der Waals surface area contributed by atoms with E-state index in [9.17, 15) is 4.79 Å². The number of anilines is 1. The number of aryl methyl sites for hydroxylation is 2. The van der Waals surface area contributed by atoms with Crippen molar-refractivity contribution in [3.05, 3.63) is 53.7 Å². The molecule has 162 valence electrons. The van der Waals surface area contributed by atoms with Gasteiger partial charge in [-0.25, -0.2) is 4.52 Å². The highest BCUT2D eigenvalue weighted by Crippen LogP contribution is 2.44. The van der Waals surface area contributed by atoms with E-state index in [1.807, 2.05) is 45.2 Å². The summed E-state index contributed by atoms with van der Waals surface area (Å²) >= 11 is 0. The molecule has 3 heterocycles. The minimum absolute atomic E-state index is 0.0153. The van der Waals surface area contributed by atoms with Crippen molar-refractivity contribution < 1.29 is 28.3 Å². The number of aromatic nitrogens is 2. The van der Waals surface area contributed by atoms with Crippen molar-refractivity contribution in [2.45, 2.75) is 20.4 Å². The molecular formula is C23H26N3O5+. The van der Waals surface area contributed by atoms with Crippen LogP contribution in [0.15, 0.2) is 41.2 Å². The monoisotopic (exact) mass is 424 g/mol. The van der Waals surface area contributed by atoms with E-state index in [-0.39, 0.29) is 12.5 Å². The molecule has 1 aliphatic rings. The van der Waals surface area contributed by atoms with Crippen molar-refractivity contribution in [1.29, 1.82) is 0 Å². The Morgan fingerprint density at radius 2 is 1.97 bits per heavy atom. The van der Waals surface area contributed by atoms with Gasteiger partial charge in [-0.2, -0.15) is 0 Å². The molecule has 1 aliphatic heterocycles. The largest absolute Gasteiger partial charge is 0.490 e.